The number of allylic oxidation sites excluding steroid dienone is 1. The van der Waals surface area contributed by atoms with Crippen LogP contribution in [-0.2, 0) is 13.0 Å². The Labute approximate surface area is 230 Å². The fraction of sp³-hybridized carbons (Fsp3) is 0.233. The highest BCUT2D eigenvalue weighted by Crippen LogP contribution is 2.40. The van der Waals surface area contributed by atoms with Crippen LogP contribution in [-0.4, -0.2) is 36.4 Å². The first-order chi connectivity index (χ1) is 19.1. The largest absolute Gasteiger partial charge is 0.507 e. The first kappa shape index (κ1) is 26.6. The van der Waals surface area contributed by atoms with Crippen LogP contribution < -0.4 is 9.47 Å². The van der Waals surface area contributed by atoms with Crippen molar-refractivity contribution in [1.82, 2.24) is 15.0 Å². The van der Waals surface area contributed by atoms with Crippen LogP contribution in [0.5, 0.6) is 17.2 Å². The molecule has 0 aliphatic carbocycles. The summed E-state index contributed by atoms with van der Waals surface area (Å²) >= 11 is 0. The van der Waals surface area contributed by atoms with E-state index in [4.69, 9.17) is 9.47 Å². The first-order valence-corrected chi connectivity index (χ1v) is 12.8. The van der Waals surface area contributed by atoms with E-state index < -0.39 is 4.92 Å². The van der Waals surface area contributed by atoms with Gasteiger partial charge in [-0.05, 0) is 75.6 Å². The number of hydrogen-bond acceptors (Lipinski definition) is 8. The maximum Gasteiger partial charge on any atom is 0.274 e. The molecule has 0 amide bonds. The zero-order valence-corrected chi connectivity index (χ0v) is 22.3. The normalized spacial score (nSPS) is 14.0. The average Bonchev–Trinajstić information content (AvgIpc) is 3.39. The minimum absolute atomic E-state index is 0.0137. The molecule has 1 aliphatic rings. The smallest absolute Gasteiger partial charge is 0.274 e. The minimum atomic E-state index is -0.428. The maximum absolute atomic E-state index is 12.8. The molecule has 1 N–H and O–H groups in total. The molecule has 3 aromatic carbocycles. The van der Waals surface area contributed by atoms with E-state index in [1.807, 2.05) is 26.0 Å². The van der Waals surface area contributed by atoms with Gasteiger partial charge in [0, 0.05) is 11.6 Å². The number of aromatic nitrogens is 3. The lowest BCUT2D eigenvalue weighted by atomic mass is 9.91. The summed E-state index contributed by atoms with van der Waals surface area (Å²) in [6.07, 6.45) is 6.17. The number of hydrogen-bond donors (Lipinski definition) is 1. The molecular formula is C30H28N4O6. The number of phenols is 1. The molecule has 0 unspecified atom stereocenters. The Hall–Kier alpha value is -4.99. The van der Waals surface area contributed by atoms with Gasteiger partial charge in [0.2, 0.25) is 0 Å². The molecule has 204 valence electrons. The fourth-order valence-corrected chi connectivity index (χ4v) is 4.56. The van der Waals surface area contributed by atoms with Gasteiger partial charge in [-0.1, -0.05) is 29.5 Å². The van der Waals surface area contributed by atoms with Crippen LogP contribution in [0.1, 0.15) is 53.0 Å². The van der Waals surface area contributed by atoms with Crippen LogP contribution in [0.3, 0.4) is 0 Å². The van der Waals surface area contributed by atoms with Crippen molar-refractivity contribution in [3.63, 3.8) is 0 Å². The molecule has 1 aromatic heterocycles. The summed E-state index contributed by atoms with van der Waals surface area (Å²) in [6.45, 7) is 5.82. The standard InChI is InChI=1S/C30H28N4O6/c1-19-25(5-4-6-26(19)34(37)38)33-17-21(31-32-33)18-39-22-10-7-20(8-11-22)9-13-27(35)23-12-14-28-24(29(23)36)15-16-30(2,3)40-28/h4-14,17,36H,15-16,18H2,1-3H3/b13-9+. The summed E-state index contributed by atoms with van der Waals surface area (Å²) in [5.74, 6) is 0.892. The third-order valence-corrected chi connectivity index (χ3v) is 6.82. The summed E-state index contributed by atoms with van der Waals surface area (Å²) in [4.78, 5) is 23.6. The highest BCUT2D eigenvalue weighted by atomic mass is 16.6. The second kappa shape index (κ2) is 10.6. The van der Waals surface area contributed by atoms with Crippen LogP contribution in [0, 0.1) is 17.0 Å². The van der Waals surface area contributed by atoms with E-state index in [-0.39, 0.29) is 35.0 Å². The molecule has 0 radical (unpaired) electrons. The van der Waals surface area contributed by atoms with Crippen molar-refractivity contribution in [2.24, 2.45) is 0 Å². The number of carbonyl (C=O) groups is 1. The number of phenolic OH excluding ortho intramolecular Hbond substituents is 1. The number of rotatable bonds is 8. The third-order valence-electron chi connectivity index (χ3n) is 6.82. The van der Waals surface area contributed by atoms with Crippen molar-refractivity contribution >= 4 is 17.5 Å². The van der Waals surface area contributed by atoms with Gasteiger partial charge in [-0.3, -0.25) is 14.9 Å². The highest BCUT2D eigenvalue weighted by Gasteiger charge is 2.29. The number of ketones is 1. The average molecular weight is 541 g/mol. The Kier molecular flexibility index (Phi) is 7.08. The van der Waals surface area contributed by atoms with Crippen LogP contribution in [0.4, 0.5) is 5.69 Å². The van der Waals surface area contributed by atoms with Crippen molar-refractivity contribution in [1.29, 1.82) is 0 Å². The minimum Gasteiger partial charge on any atom is -0.507 e. The van der Waals surface area contributed by atoms with E-state index in [1.54, 1.807) is 55.6 Å². The molecule has 5 rings (SSSR count). The fourth-order valence-electron chi connectivity index (χ4n) is 4.56. The lowest BCUT2D eigenvalue weighted by Gasteiger charge is -2.33. The second-order valence-electron chi connectivity index (χ2n) is 10.2. The number of benzene rings is 3. The molecule has 1 aliphatic heterocycles. The SMILES string of the molecule is Cc1c(-n2cc(COc3ccc(/C=C/C(=O)c4ccc5c(c4O)CCC(C)(C)O5)cc3)nn2)cccc1[N+](=O)[O-]. The van der Waals surface area contributed by atoms with Gasteiger partial charge in [0.1, 0.15) is 35.2 Å². The molecule has 0 bridgehead atoms. The summed E-state index contributed by atoms with van der Waals surface area (Å²) < 4.78 is 13.2. The Morgan fingerprint density at radius 3 is 2.73 bits per heavy atom. The van der Waals surface area contributed by atoms with Crippen molar-refractivity contribution < 1.29 is 24.3 Å². The van der Waals surface area contributed by atoms with E-state index in [9.17, 15) is 20.0 Å². The number of aromatic hydroxyl groups is 1. The van der Waals surface area contributed by atoms with E-state index in [0.717, 1.165) is 12.0 Å². The van der Waals surface area contributed by atoms with Crippen molar-refractivity contribution in [2.45, 2.75) is 45.8 Å². The van der Waals surface area contributed by atoms with Crippen LogP contribution in [0.2, 0.25) is 0 Å². The summed E-state index contributed by atoms with van der Waals surface area (Å²) in [7, 11) is 0. The number of ether oxygens (including phenoxy) is 2. The van der Waals surface area contributed by atoms with Crippen molar-refractivity contribution in [3.8, 4) is 22.9 Å². The Morgan fingerprint density at radius 1 is 1.20 bits per heavy atom. The van der Waals surface area contributed by atoms with Crippen molar-refractivity contribution in [3.05, 3.63) is 105 Å². The van der Waals surface area contributed by atoms with Crippen LogP contribution in [0.15, 0.2) is 66.9 Å². The molecule has 0 saturated heterocycles. The Morgan fingerprint density at radius 2 is 1.98 bits per heavy atom. The second-order valence-corrected chi connectivity index (χ2v) is 10.2. The third kappa shape index (κ3) is 5.56. The number of nitro groups is 1. The quantitative estimate of drug-likeness (QED) is 0.129. The number of nitro benzene ring substituents is 1. The van der Waals surface area contributed by atoms with Gasteiger partial charge in [-0.2, -0.15) is 0 Å². The summed E-state index contributed by atoms with van der Waals surface area (Å²) in [6, 6.07) is 15.3. The first-order valence-electron chi connectivity index (χ1n) is 12.8. The number of fused-ring (bicyclic) bond motifs is 1. The predicted octanol–water partition coefficient (Wildman–Crippen LogP) is 5.77. The van der Waals surface area contributed by atoms with Gasteiger partial charge in [0.05, 0.1) is 27.9 Å². The summed E-state index contributed by atoms with van der Waals surface area (Å²) in [5, 5.41) is 30.1. The topological polar surface area (TPSA) is 130 Å². The van der Waals surface area contributed by atoms with Gasteiger partial charge in [0.25, 0.3) is 5.69 Å². The van der Waals surface area contributed by atoms with Gasteiger partial charge in [0.15, 0.2) is 5.78 Å². The van der Waals surface area contributed by atoms with E-state index in [0.29, 0.717) is 40.4 Å². The Balaban J connectivity index is 1.20. The molecule has 0 spiro atoms. The number of carbonyl (C=O) groups excluding carboxylic acids is 1. The van der Waals surface area contributed by atoms with Gasteiger partial charge < -0.3 is 14.6 Å². The molecule has 10 heteroatoms. The zero-order chi connectivity index (χ0) is 28.4. The molecular weight excluding hydrogens is 512 g/mol. The van der Waals surface area contributed by atoms with Gasteiger partial charge in [-0.15, -0.1) is 5.10 Å². The molecule has 40 heavy (non-hydrogen) atoms. The van der Waals surface area contributed by atoms with Crippen LogP contribution in [0.25, 0.3) is 11.8 Å². The van der Waals surface area contributed by atoms with E-state index in [2.05, 4.69) is 10.3 Å². The molecule has 2 heterocycles. The molecule has 0 fully saturated rings. The lowest BCUT2D eigenvalue weighted by Crippen LogP contribution is -2.32. The molecule has 0 saturated carbocycles. The van der Waals surface area contributed by atoms with Gasteiger partial charge in [-0.25, -0.2) is 4.68 Å². The molecule has 4 aromatic rings. The van der Waals surface area contributed by atoms with E-state index in [1.165, 1.54) is 16.8 Å². The highest BCUT2D eigenvalue weighted by molar-refractivity contribution is 6.09. The predicted molar refractivity (Wildman–Crippen MR) is 148 cm³/mol. The van der Waals surface area contributed by atoms with E-state index >= 15 is 0 Å². The Bertz CT molecular complexity index is 1620. The monoisotopic (exact) mass is 540 g/mol. The maximum atomic E-state index is 12.8. The zero-order valence-electron chi connectivity index (χ0n) is 22.3. The van der Waals surface area contributed by atoms with Crippen LogP contribution >= 0.6 is 0 Å². The number of nitrogens with zero attached hydrogens (tertiary/aromatic N) is 4. The van der Waals surface area contributed by atoms with Crippen molar-refractivity contribution in [2.75, 3.05) is 0 Å². The van der Waals surface area contributed by atoms with Gasteiger partial charge >= 0.3 is 0 Å². The lowest BCUT2D eigenvalue weighted by molar-refractivity contribution is -0.385. The summed E-state index contributed by atoms with van der Waals surface area (Å²) in [5.41, 5.74) is 3.03. The molecule has 0 atom stereocenters. The molecule has 10 nitrogen and oxygen atoms in total.